The van der Waals surface area contributed by atoms with E-state index in [0.29, 0.717) is 5.69 Å². The zero-order valence-electron chi connectivity index (χ0n) is 13.5. The van der Waals surface area contributed by atoms with E-state index < -0.39 is 5.97 Å². The van der Waals surface area contributed by atoms with Crippen molar-refractivity contribution in [3.63, 3.8) is 0 Å². The number of carbonyl (C=O) groups is 2. The molecule has 118 valence electrons. The van der Waals surface area contributed by atoms with E-state index in [0.717, 1.165) is 21.4 Å². The molecule has 0 fully saturated rings. The van der Waals surface area contributed by atoms with Crippen molar-refractivity contribution in [1.29, 1.82) is 0 Å². The van der Waals surface area contributed by atoms with Gasteiger partial charge in [0.15, 0.2) is 6.04 Å². The molecular weight excluding hydrogens is 282 g/mol. The normalized spacial score (nSPS) is 12.5. The number of quaternary nitrogens is 1. The lowest BCUT2D eigenvalue weighted by atomic mass is 10.1. The summed E-state index contributed by atoms with van der Waals surface area (Å²) in [6.07, 6.45) is 0. The summed E-state index contributed by atoms with van der Waals surface area (Å²) in [5, 5.41) is 3.67. The highest BCUT2D eigenvalue weighted by Gasteiger charge is 2.24. The highest BCUT2D eigenvalue weighted by atomic mass is 16.5. The number of hydrogen-bond acceptors (Lipinski definition) is 3. The predicted octanol–water partition coefficient (Wildman–Crippen LogP) is 0.734. The van der Waals surface area contributed by atoms with Crippen LogP contribution in [0.4, 0.5) is 5.69 Å². The van der Waals surface area contributed by atoms with E-state index in [1.54, 1.807) is 0 Å². The first-order valence-corrected chi connectivity index (χ1v) is 7.16. The third-order valence-corrected chi connectivity index (χ3v) is 3.85. The molecule has 1 aromatic carbocycles. The minimum absolute atomic E-state index is 0.146. The minimum Gasteiger partial charge on any atom is -0.464 e. The Morgan fingerprint density at radius 3 is 2.59 bits per heavy atom. The Kier molecular flexibility index (Phi) is 4.51. The smallest absolute Gasteiger partial charge is 0.356 e. The van der Waals surface area contributed by atoms with Crippen LogP contribution in [0.15, 0.2) is 18.2 Å². The van der Waals surface area contributed by atoms with E-state index in [4.69, 9.17) is 4.74 Å². The van der Waals surface area contributed by atoms with Gasteiger partial charge in [0.05, 0.1) is 26.9 Å². The highest BCUT2D eigenvalue weighted by molar-refractivity contribution is 6.11. The molecule has 0 saturated carbocycles. The molecule has 2 rings (SSSR count). The molecular formula is C16H22N3O3+. The van der Waals surface area contributed by atoms with Gasteiger partial charge >= 0.3 is 5.97 Å². The Labute approximate surface area is 129 Å². The summed E-state index contributed by atoms with van der Waals surface area (Å²) in [7, 11) is 5.13. The molecule has 0 bridgehead atoms. The fourth-order valence-corrected chi connectivity index (χ4v) is 2.18. The average molecular weight is 304 g/mol. The van der Waals surface area contributed by atoms with Crippen LogP contribution in [-0.4, -0.2) is 44.1 Å². The van der Waals surface area contributed by atoms with Crippen molar-refractivity contribution in [2.24, 2.45) is 0 Å². The Balaban J connectivity index is 2.51. The number of amides is 1. The fourth-order valence-electron chi connectivity index (χ4n) is 2.18. The van der Waals surface area contributed by atoms with E-state index in [-0.39, 0.29) is 17.6 Å². The standard InChI is InChI=1S/C16H21N3O3/c1-9-6-7-12-11(8-9)13(14(17-12)16(21)22-5)18-15(20)10(2)19(3)4/h6-8,10,17H,1-5H3,(H,18,20)/p+1/t10-/m1/s1. The van der Waals surface area contributed by atoms with Crippen LogP contribution in [0.5, 0.6) is 0 Å². The molecule has 0 spiro atoms. The van der Waals surface area contributed by atoms with E-state index >= 15 is 0 Å². The van der Waals surface area contributed by atoms with Crippen LogP contribution >= 0.6 is 0 Å². The molecule has 0 aliphatic rings. The van der Waals surface area contributed by atoms with Crippen LogP contribution in [0.3, 0.4) is 0 Å². The molecule has 0 aliphatic carbocycles. The third kappa shape index (κ3) is 2.96. The Morgan fingerprint density at radius 1 is 1.32 bits per heavy atom. The molecule has 0 unspecified atom stereocenters. The molecule has 1 heterocycles. The highest BCUT2D eigenvalue weighted by Crippen LogP contribution is 2.29. The number of fused-ring (bicyclic) bond motifs is 1. The van der Waals surface area contributed by atoms with Gasteiger partial charge in [0.1, 0.15) is 5.69 Å². The number of likely N-dealkylation sites (N-methyl/N-ethyl adjacent to an activating group) is 1. The van der Waals surface area contributed by atoms with Crippen molar-refractivity contribution in [3.8, 4) is 0 Å². The largest absolute Gasteiger partial charge is 0.464 e. The lowest BCUT2D eigenvalue weighted by Crippen LogP contribution is -3.11. The minimum atomic E-state index is -0.506. The maximum Gasteiger partial charge on any atom is 0.356 e. The number of methoxy groups -OCH3 is 1. The topological polar surface area (TPSA) is 75.6 Å². The van der Waals surface area contributed by atoms with Crippen LogP contribution in [0, 0.1) is 6.92 Å². The van der Waals surface area contributed by atoms with Gasteiger partial charge in [-0.2, -0.15) is 0 Å². The summed E-state index contributed by atoms with van der Waals surface area (Å²) in [5.41, 5.74) is 2.57. The quantitative estimate of drug-likeness (QED) is 0.729. The maximum absolute atomic E-state index is 12.3. The molecule has 6 heteroatoms. The molecule has 0 radical (unpaired) electrons. The predicted molar refractivity (Wildman–Crippen MR) is 85.3 cm³/mol. The monoisotopic (exact) mass is 304 g/mol. The van der Waals surface area contributed by atoms with Crippen LogP contribution in [-0.2, 0) is 9.53 Å². The molecule has 1 aromatic heterocycles. The van der Waals surface area contributed by atoms with Gasteiger partial charge in [-0.3, -0.25) is 4.79 Å². The fraction of sp³-hybridized carbons (Fsp3) is 0.375. The van der Waals surface area contributed by atoms with E-state index in [1.165, 1.54) is 7.11 Å². The number of aromatic amines is 1. The third-order valence-electron chi connectivity index (χ3n) is 3.85. The lowest BCUT2D eigenvalue weighted by molar-refractivity contribution is -0.873. The maximum atomic E-state index is 12.3. The zero-order chi connectivity index (χ0) is 16.4. The first kappa shape index (κ1) is 16.0. The number of aromatic nitrogens is 1. The summed E-state index contributed by atoms with van der Waals surface area (Å²) >= 11 is 0. The molecule has 2 aromatic rings. The second kappa shape index (κ2) is 6.19. The lowest BCUT2D eigenvalue weighted by Gasteiger charge is -2.16. The number of anilines is 1. The van der Waals surface area contributed by atoms with Crippen molar-refractivity contribution in [2.75, 3.05) is 26.5 Å². The van der Waals surface area contributed by atoms with Gasteiger partial charge in [-0.15, -0.1) is 0 Å². The number of carbonyl (C=O) groups excluding carboxylic acids is 2. The number of esters is 1. The van der Waals surface area contributed by atoms with Gasteiger partial charge < -0.3 is 19.9 Å². The zero-order valence-corrected chi connectivity index (χ0v) is 13.5. The van der Waals surface area contributed by atoms with E-state index in [1.807, 2.05) is 46.1 Å². The number of ether oxygens (including phenoxy) is 1. The van der Waals surface area contributed by atoms with E-state index in [2.05, 4.69) is 10.3 Å². The second-order valence-corrected chi connectivity index (χ2v) is 5.70. The first-order valence-electron chi connectivity index (χ1n) is 7.16. The van der Waals surface area contributed by atoms with Crippen molar-refractivity contribution >= 4 is 28.5 Å². The van der Waals surface area contributed by atoms with Gasteiger partial charge in [-0.05, 0) is 26.0 Å². The van der Waals surface area contributed by atoms with Crippen molar-refractivity contribution < 1.29 is 19.2 Å². The summed E-state index contributed by atoms with van der Waals surface area (Å²) in [6.45, 7) is 3.80. The SMILES string of the molecule is COC(=O)c1[nH]c2ccc(C)cc2c1NC(=O)[C@@H](C)[NH+](C)C. The Morgan fingerprint density at radius 2 is 2.00 bits per heavy atom. The number of hydrogen-bond donors (Lipinski definition) is 3. The Hall–Kier alpha value is -2.34. The van der Waals surface area contributed by atoms with Crippen molar-refractivity contribution in [3.05, 3.63) is 29.5 Å². The summed E-state index contributed by atoms with van der Waals surface area (Å²) in [5.74, 6) is -0.651. The van der Waals surface area contributed by atoms with Crippen LogP contribution < -0.4 is 10.2 Å². The van der Waals surface area contributed by atoms with Gasteiger partial charge in [0, 0.05) is 10.9 Å². The van der Waals surface area contributed by atoms with Gasteiger partial charge in [-0.1, -0.05) is 11.6 Å². The average Bonchev–Trinajstić information content (AvgIpc) is 2.83. The molecule has 1 amide bonds. The van der Waals surface area contributed by atoms with Crippen molar-refractivity contribution in [1.82, 2.24) is 4.98 Å². The number of H-pyrrole nitrogens is 1. The molecule has 6 nitrogen and oxygen atoms in total. The second-order valence-electron chi connectivity index (χ2n) is 5.70. The van der Waals surface area contributed by atoms with Crippen LogP contribution in [0.25, 0.3) is 10.9 Å². The molecule has 22 heavy (non-hydrogen) atoms. The molecule has 3 N–H and O–H groups in total. The van der Waals surface area contributed by atoms with Crippen LogP contribution in [0.2, 0.25) is 0 Å². The van der Waals surface area contributed by atoms with Crippen molar-refractivity contribution in [2.45, 2.75) is 19.9 Å². The summed E-state index contributed by atoms with van der Waals surface area (Å²) in [4.78, 5) is 28.3. The number of benzene rings is 1. The summed E-state index contributed by atoms with van der Waals surface area (Å²) < 4.78 is 4.80. The van der Waals surface area contributed by atoms with Gasteiger partial charge in [0.2, 0.25) is 0 Å². The number of nitrogens with one attached hydrogen (secondary N) is 3. The first-order chi connectivity index (χ1) is 10.3. The van der Waals surface area contributed by atoms with Crippen LogP contribution in [0.1, 0.15) is 23.0 Å². The molecule has 1 atom stereocenters. The van der Waals surface area contributed by atoms with E-state index in [9.17, 15) is 9.59 Å². The number of aryl methyl sites for hydroxylation is 1. The molecule has 0 saturated heterocycles. The summed E-state index contributed by atoms with van der Waals surface area (Å²) in [6, 6.07) is 5.52. The molecule has 0 aliphatic heterocycles. The Bertz CT molecular complexity index is 719. The van der Waals surface area contributed by atoms with Gasteiger partial charge in [0.25, 0.3) is 5.91 Å². The number of rotatable bonds is 4. The van der Waals surface area contributed by atoms with Gasteiger partial charge in [-0.25, -0.2) is 4.79 Å².